The van der Waals surface area contributed by atoms with E-state index in [9.17, 15) is 12.8 Å². The predicted molar refractivity (Wildman–Crippen MR) is 74.7 cm³/mol. The van der Waals surface area contributed by atoms with Gasteiger partial charge >= 0.3 is 0 Å². The number of aromatic nitrogens is 1. The summed E-state index contributed by atoms with van der Waals surface area (Å²) in [5.74, 6) is -0.556. The molecule has 8 heteroatoms. The van der Waals surface area contributed by atoms with Gasteiger partial charge < -0.3 is 0 Å². The highest BCUT2D eigenvalue weighted by Gasteiger charge is 2.14. The zero-order valence-corrected chi connectivity index (χ0v) is 12.3. The molecule has 1 aromatic carbocycles. The molecule has 0 amide bonds. The van der Waals surface area contributed by atoms with E-state index < -0.39 is 15.8 Å². The van der Waals surface area contributed by atoms with Crippen molar-refractivity contribution in [3.05, 3.63) is 58.1 Å². The first-order valence-corrected chi connectivity index (χ1v) is 7.67. The Morgan fingerprint density at radius 3 is 2.60 bits per heavy atom. The van der Waals surface area contributed by atoms with Crippen molar-refractivity contribution < 1.29 is 12.8 Å². The molecule has 4 nitrogen and oxygen atoms in total. The Hall–Kier alpha value is -1.21. The number of halogens is 3. The molecule has 0 saturated heterocycles. The molecule has 0 unspecified atom stereocenters. The van der Waals surface area contributed by atoms with E-state index in [1.165, 1.54) is 36.5 Å². The molecule has 0 saturated carbocycles. The summed E-state index contributed by atoms with van der Waals surface area (Å²) in [7, 11) is -3.72. The summed E-state index contributed by atoms with van der Waals surface area (Å²) in [5, 5.41) is 0.0198. The fourth-order valence-electron chi connectivity index (χ4n) is 1.46. The fourth-order valence-corrected chi connectivity index (χ4v) is 2.93. The third-order valence-corrected chi connectivity index (χ3v) is 4.35. The van der Waals surface area contributed by atoms with Crippen LogP contribution in [-0.4, -0.2) is 13.4 Å². The average Bonchev–Trinajstić information content (AvgIpc) is 2.40. The Kier molecular flexibility index (Phi) is 4.59. The monoisotopic (exact) mass is 334 g/mol. The third kappa shape index (κ3) is 3.67. The minimum atomic E-state index is -3.72. The summed E-state index contributed by atoms with van der Waals surface area (Å²) >= 11 is 11.3. The van der Waals surface area contributed by atoms with Gasteiger partial charge in [-0.25, -0.2) is 22.5 Å². The Morgan fingerprint density at radius 2 is 1.95 bits per heavy atom. The second-order valence-electron chi connectivity index (χ2n) is 3.89. The van der Waals surface area contributed by atoms with Gasteiger partial charge in [0.1, 0.15) is 11.0 Å². The molecule has 0 radical (unpaired) electrons. The van der Waals surface area contributed by atoms with Gasteiger partial charge in [0.25, 0.3) is 0 Å². The second-order valence-corrected chi connectivity index (χ2v) is 6.45. The number of nitrogens with zero attached hydrogens (tertiary/aromatic N) is 1. The molecule has 0 aliphatic heterocycles. The minimum Gasteiger partial charge on any atom is -0.244 e. The maximum absolute atomic E-state index is 13.0. The largest absolute Gasteiger partial charge is 0.244 e. The van der Waals surface area contributed by atoms with Crippen LogP contribution in [0.25, 0.3) is 0 Å². The maximum atomic E-state index is 13.0. The highest BCUT2D eigenvalue weighted by Crippen LogP contribution is 2.17. The zero-order valence-electron chi connectivity index (χ0n) is 9.98. The van der Waals surface area contributed by atoms with Crippen LogP contribution in [0.5, 0.6) is 0 Å². The van der Waals surface area contributed by atoms with Gasteiger partial charge in [-0.1, -0.05) is 29.3 Å². The molecule has 1 N–H and O–H groups in total. The molecular weight excluding hydrogens is 326 g/mol. The van der Waals surface area contributed by atoms with Gasteiger partial charge in [0.05, 0.1) is 9.92 Å². The molecule has 0 aliphatic carbocycles. The van der Waals surface area contributed by atoms with Crippen molar-refractivity contribution in [3.63, 3.8) is 0 Å². The van der Waals surface area contributed by atoms with Crippen molar-refractivity contribution in [1.82, 2.24) is 9.71 Å². The van der Waals surface area contributed by atoms with Crippen molar-refractivity contribution in [2.45, 2.75) is 11.4 Å². The summed E-state index contributed by atoms with van der Waals surface area (Å²) in [6.45, 7) is -0.0116. The van der Waals surface area contributed by atoms with Crippen molar-refractivity contribution in [2.75, 3.05) is 0 Å². The van der Waals surface area contributed by atoms with E-state index >= 15 is 0 Å². The normalized spacial score (nSPS) is 11.6. The first-order chi connectivity index (χ1) is 9.38. The molecule has 106 valence electrons. The number of sulfonamides is 1. The van der Waals surface area contributed by atoms with Gasteiger partial charge in [0.2, 0.25) is 10.0 Å². The van der Waals surface area contributed by atoms with E-state index in [2.05, 4.69) is 9.71 Å². The van der Waals surface area contributed by atoms with Crippen molar-refractivity contribution in [1.29, 1.82) is 0 Å². The van der Waals surface area contributed by atoms with Gasteiger partial charge in [-0.2, -0.15) is 0 Å². The SMILES string of the molecule is O=S(=O)(NCc1ccc(F)c(Cl)c1)c1ccnc(Cl)c1. The first kappa shape index (κ1) is 15.2. The zero-order chi connectivity index (χ0) is 14.8. The molecule has 0 aliphatic rings. The quantitative estimate of drug-likeness (QED) is 0.874. The van der Waals surface area contributed by atoms with Gasteiger partial charge in [0, 0.05) is 12.7 Å². The topological polar surface area (TPSA) is 59.1 Å². The van der Waals surface area contributed by atoms with Gasteiger partial charge in [-0.05, 0) is 29.8 Å². The van der Waals surface area contributed by atoms with Crippen LogP contribution >= 0.6 is 23.2 Å². The highest BCUT2D eigenvalue weighted by atomic mass is 35.5. The molecule has 0 atom stereocenters. The Labute approximate surface area is 125 Å². The Bertz CT molecular complexity index is 738. The highest BCUT2D eigenvalue weighted by molar-refractivity contribution is 7.89. The maximum Gasteiger partial charge on any atom is 0.241 e. The predicted octanol–water partition coefficient (Wildman–Crippen LogP) is 3.01. The Balaban J connectivity index is 2.15. The lowest BCUT2D eigenvalue weighted by atomic mass is 10.2. The van der Waals surface area contributed by atoms with Gasteiger partial charge in [-0.3, -0.25) is 0 Å². The molecule has 0 fully saturated rings. The molecule has 1 heterocycles. The minimum absolute atomic E-state index is 0.00529. The number of hydrogen-bond donors (Lipinski definition) is 1. The third-order valence-electron chi connectivity index (χ3n) is 2.46. The van der Waals surface area contributed by atoms with Crippen molar-refractivity contribution in [3.8, 4) is 0 Å². The van der Waals surface area contributed by atoms with E-state index in [1.54, 1.807) is 0 Å². The average molecular weight is 335 g/mol. The summed E-state index contributed by atoms with van der Waals surface area (Å²) in [5.41, 5.74) is 0.542. The number of benzene rings is 1. The van der Waals surface area contributed by atoms with Crippen LogP contribution in [0.3, 0.4) is 0 Å². The smallest absolute Gasteiger partial charge is 0.241 e. The van der Waals surface area contributed by atoms with Gasteiger partial charge in [-0.15, -0.1) is 0 Å². The lowest BCUT2D eigenvalue weighted by Gasteiger charge is -2.07. The number of nitrogens with one attached hydrogen (secondary N) is 1. The van der Waals surface area contributed by atoms with Crippen LogP contribution < -0.4 is 4.72 Å². The Morgan fingerprint density at radius 1 is 1.20 bits per heavy atom. The number of pyridine rings is 1. The molecule has 1 aromatic heterocycles. The van der Waals surface area contributed by atoms with E-state index in [0.29, 0.717) is 5.56 Å². The number of rotatable bonds is 4. The van der Waals surface area contributed by atoms with E-state index in [1.807, 2.05) is 0 Å². The van der Waals surface area contributed by atoms with E-state index in [-0.39, 0.29) is 21.6 Å². The van der Waals surface area contributed by atoms with E-state index in [0.717, 1.165) is 0 Å². The number of hydrogen-bond acceptors (Lipinski definition) is 3. The standard InChI is InChI=1S/C12H9Cl2FN2O2S/c13-10-5-8(1-2-11(10)15)7-17-20(18,19)9-3-4-16-12(14)6-9/h1-6,17H,7H2. The summed E-state index contributed by atoms with van der Waals surface area (Å²) in [6.07, 6.45) is 1.30. The van der Waals surface area contributed by atoms with Crippen LogP contribution in [0, 0.1) is 5.82 Å². The van der Waals surface area contributed by atoms with Crippen LogP contribution in [0.2, 0.25) is 10.2 Å². The summed E-state index contributed by atoms with van der Waals surface area (Å²) in [4.78, 5) is 3.71. The molecule has 2 rings (SSSR count). The van der Waals surface area contributed by atoms with Crippen LogP contribution in [-0.2, 0) is 16.6 Å². The molecular formula is C12H9Cl2FN2O2S. The molecule has 0 bridgehead atoms. The van der Waals surface area contributed by atoms with Crippen LogP contribution in [0.1, 0.15) is 5.56 Å². The van der Waals surface area contributed by atoms with Crippen LogP contribution in [0.15, 0.2) is 41.4 Å². The van der Waals surface area contributed by atoms with E-state index in [4.69, 9.17) is 23.2 Å². The second kappa shape index (κ2) is 6.05. The first-order valence-electron chi connectivity index (χ1n) is 5.43. The molecule has 20 heavy (non-hydrogen) atoms. The van der Waals surface area contributed by atoms with Gasteiger partial charge in [0.15, 0.2) is 0 Å². The lowest BCUT2D eigenvalue weighted by Crippen LogP contribution is -2.23. The summed E-state index contributed by atoms with van der Waals surface area (Å²) in [6, 6.07) is 6.55. The van der Waals surface area contributed by atoms with Crippen LogP contribution in [0.4, 0.5) is 4.39 Å². The summed E-state index contributed by atoms with van der Waals surface area (Å²) < 4.78 is 39.4. The molecule has 0 spiro atoms. The lowest BCUT2D eigenvalue weighted by molar-refractivity contribution is 0.581. The van der Waals surface area contributed by atoms with Crippen molar-refractivity contribution >= 4 is 33.2 Å². The fraction of sp³-hybridized carbons (Fsp3) is 0.0833. The van der Waals surface area contributed by atoms with Crippen molar-refractivity contribution in [2.24, 2.45) is 0 Å². The molecule has 2 aromatic rings.